The van der Waals surface area contributed by atoms with E-state index >= 15 is 0 Å². The van der Waals surface area contributed by atoms with E-state index in [0.717, 1.165) is 24.1 Å². The minimum absolute atomic E-state index is 0.109. The highest BCUT2D eigenvalue weighted by Gasteiger charge is 2.27. The average molecular weight is 451 g/mol. The maximum atomic E-state index is 13.3. The molecule has 1 heterocycles. The smallest absolute Gasteiger partial charge is 0.264 e. The lowest BCUT2D eigenvalue weighted by Crippen LogP contribution is -2.36. The summed E-state index contributed by atoms with van der Waals surface area (Å²) in [5.41, 5.74) is 4.10. The first-order valence-corrected chi connectivity index (χ1v) is 11.9. The van der Waals surface area contributed by atoms with E-state index in [1.807, 2.05) is 19.1 Å². The molecule has 0 radical (unpaired) electrons. The molecular formula is C25H26N2O4S. The number of rotatable bonds is 5. The van der Waals surface area contributed by atoms with Crippen molar-refractivity contribution in [3.05, 3.63) is 83.4 Å². The lowest BCUT2D eigenvalue weighted by atomic mass is 9.97. The van der Waals surface area contributed by atoms with Gasteiger partial charge in [0.15, 0.2) is 0 Å². The number of sulfonamides is 1. The molecule has 0 atom stereocenters. The molecule has 0 aromatic heterocycles. The summed E-state index contributed by atoms with van der Waals surface area (Å²) in [5.74, 6) is 0.340. The molecule has 1 aliphatic rings. The van der Waals surface area contributed by atoms with Crippen molar-refractivity contribution in [2.24, 2.45) is 0 Å². The van der Waals surface area contributed by atoms with Gasteiger partial charge < -0.3 is 9.64 Å². The number of nitrogens with zero attached hydrogens (tertiary/aromatic N) is 2. The fourth-order valence-electron chi connectivity index (χ4n) is 4.15. The van der Waals surface area contributed by atoms with Crippen LogP contribution >= 0.6 is 0 Å². The number of fused-ring (bicyclic) bond motifs is 1. The van der Waals surface area contributed by atoms with Crippen LogP contribution in [0.25, 0.3) is 0 Å². The second kappa shape index (κ2) is 8.67. The van der Waals surface area contributed by atoms with Gasteiger partial charge in [-0.3, -0.25) is 9.10 Å². The number of ether oxygens (including phenoxy) is 1. The Hall–Kier alpha value is -3.32. The molecule has 0 aliphatic carbocycles. The summed E-state index contributed by atoms with van der Waals surface area (Å²) in [7, 11) is -0.833. The Balaban J connectivity index is 1.62. The highest BCUT2D eigenvalue weighted by atomic mass is 32.2. The van der Waals surface area contributed by atoms with Crippen LogP contribution in [0.2, 0.25) is 0 Å². The molecule has 6 nitrogen and oxygen atoms in total. The number of benzene rings is 3. The molecule has 3 aromatic rings. The first-order valence-electron chi connectivity index (χ1n) is 10.5. The number of anilines is 2. The summed E-state index contributed by atoms with van der Waals surface area (Å²) in [5, 5.41) is 0. The quantitative estimate of drug-likeness (QED) is 0.577. The van der Waals surface area contributed by atoms with Crippen molar-refractivity contribution >= 4 is 27.3 Å². The first-order chi connectivity index (χ1) is 15.3. The number of aryl methyl sites for hydroxylation is 2. The van der Waals surface area contributed by atoms with Crippen molar-refractivity contribution in [1.82, 2.24) is 0 Å². The van der Waals surface area contributed by atoms with E-state index in [1.54, 1.807) is 41.3 Å². The predicted molar refractivity (Wildman–Crippen MR) is 126 cm³/mol. The normalized spacial score (nSPS) is 13.4. The fourth-order valence-corrected chi connectivity index (χ4v) is 5.36. The Bertz CT molecular complexity index is 1250. The monoisotopic (exact) mass is 450 g/mol. The predicted octanol–water partition coefficient (Wildman–Crippen LogP) is 4.42. The number of methoxy groups -OCH3 is 1. The largest absolute Gasteiger partial charge is 0.495 e. The molecule has 32 heavy (non-hydrogen) atoms. The van der Waals surface area contributed by atoms with E-state index in [4.69, 9.17) is 4.74 Å². The zero-order valence-corrected chi connectivity index (χ0v) is 19.2. The molecule has 0 bridgehead atoms. The molecule has 0 unspecified atom stereocenters. The van der Waals surface area contributed by atoms with Gasteiger partial charge in [-0.15, -0.1) is 0 Å². The maximum Gasteiger partial charge on any atom is 0.264 e. The molecule has 0 saturated heterocycles. The van der Waals surface area contributed by atoms with Crippen LogP contribution in [0.3, 0.4) is 0 Å². The summed E-state index contributed by atoms with van der Waals surface area (Å²) in [6.07, 6.45) is 1.85. The minimum atomic E-state index is -3.82. The number of para-hydroxylation sites is 3. The third-order valence-corrected chi connectivity index (χ3v) is 7.63. The second-order valence-electron chi connectivity index (χ2n) is 7.81. The SMILES string of the molecule is COc1ccccc1N(C)S(=O)(=O)c1ccc(C(=O)N2CCCc3cccc(C)c32)cc1. The van der Waals surface area contributed by atoms with Crippen molar-refractivity contribution in [3.8, 4) is 5.75 Å². The Morgan fingerprint density at radius 2 is 1.72 bits per heavy atom. The van der Waals surface area contributed by atoms with E-state index in [2.05, 4.69) is 6.07 Å². The molecule has 4 rings (SSSR count). The van der Waals surface area contributed by atoms with Gasteiger partial charge in [-0.05, 0) is 67.3 Å². The minimum Gasteiger partial charge on any atom is -0.495 e. The third kappa shape index (κ3) is 3.84. The first kappa shape index (κ1) is 21.9. The Morgan fingerprint density at radius 1 is 1.00 bits per heavy atom. The Labute approximate surface area is 189 Å². The topological polar surface area (TPSA) is 66.9 Å². The van der Waals surface area contributed by atoms with Crippen LogP contribution in [-0.2, 0) is 16.4 Å². The van der Waals surface area contributed by atoms with Gasteiger partial charge in [0, 0.05) is 19.2 Å². The van der Waals surface area contributed by atoms with Crippen molar-refractivity contribution in [3.63, 3.8) is 0 Å². The molecule has 3 aromatic carbocycles. The number of carbonyl (C=O) groups excluding carboxylic acids is 1. The molecule has 0 fully saturated rings. The van der Waals surface area contributed by atoms with Crippen LogP contribution in [-0.4, -0.2) is 35.0 Å². The summed E-state index contributed by atoms with van der Waals surface area (Å²) >= 11 is 0. The van der Waals surface area contributed by atoms with Crippen LogP contribution in [0.5, 0.6) is 5.75 Å². The van der Waals surface area contributed by atoms with Crippen LogP contribution in [0.1, 0.15) is 27.9 Å². The molecule has 7 heteroatoms. The maximum absolute atomic E-state index is 13.3. The lowest BCUT2D eigenvalue weighted by Gasteiger charge is -2.31. The van der Waals surface area contributed by atoms with E-state index in [9.17, 15) is 13.2 Å². The van der Waals surface area contributed by atoms with Crippen molar-refractivity contribution in [2.45, 2.75) is 24.7 Å². The second-order valence-corrected chi connectivity index (χ2v) is 9.78. The molecule has 1 aliphatic heterocycles. The van der Waals surface area contributed by atoms with E-state index in [0.29, 0.717) is 23.5 Å². The van der Waals surface area contributed by atoms with Gasteiger partial charge in [0.05, 0.1) is 23.4 Å². The molecule has 0 saturated carbocycles. The Kier molecular flexibility index (Phi) is 5.93. The van der Waals surface area contributed by atoms with E-state index < -0.39 is 10.0 Å². The molecule has 0 N–H and O–H groups in total. The number of hydrogen-bond acceptors (Lipinski definition) is 4. The molecule has 166 valence electrons. The van der Waals surface area contributed by atoms with Gasteiger partial charge in [-0.25, -0.2) is 8.42 Å². The van der Waals surface area contributed by atoms with Crippen LogP contribution in [0, 0.1) is 6.92 Å². The summed E-state index contributed by atoms with van der Waals surface area (Å²) < 4.78 is 32.8. The average Bonchev–Trinajstić information content (AvgIpc) is 2.83. The fraction of sp³-hybridized carbons (Fsp3) is 0.240. The Morgan fingerprint density at radius 3 is 2.44 bits per heavy atom. The lowest BCUT2D eigenvalue weighted by molar-refractivity contribution is 0.0985. The molecular weight excluding hydrogens is 424 g/mol. The van der Waals surface area contributed by atoms with Crippen LogP contribution < -0.4 is 13.9 Å². The molecule has 1 amide bonds. The third-order valence-electron chi connectivity index (χ3n) is 5.85. The summed E-state index contributed by atoms with van der Waals surface area (Å²) in [4.78, 5) is 15.2. The van der Waals surface area contributed by atoms with Gasteiger partial charge in [-0.1, -0.05) is 30.3 Å². The van der Waals surface area contributed by atoms with E-state index in [1.165, 1.54) is 36.2 Å². The van der Waals surface area contributed by atoms with E-state index in [-0.39, 0.29) is 10.8 Å². The van der Waals surface area contributed by atoms with Crippen LogP contribution in [0.4, 0.5) is 11.4 Å². The zero-order chi connectivity index (χ0) is 22.9. The van der Waals surface area contributed by atoms with Crippen LogP contribution in [0.15, 0.2) is 71.6 Å². The number of amides is 1. The van der Waals surface area contributed by atoms with Gasteiger partial charge in [0.25, 0.3) is 15.9 Å². The van der Waals surface area contributed by atoms with Crippen molar-refractivity contribution < 1.29 is 17.9 Å². The van der Waals surface area contributed by atoms with Gasteiger partial charge in [0.2, 0.25) is 0 Å². The standard InChI is InChI=1S/C25H26N2O4S/c1-18-8-6-9-19-10-7-17-27(24(18)19)25(28)20-13-15-21(16-14-20)32(29,30)26(2)22-11-4-5-12-23(22)31-3/h4-6,8-9,11-16H,7,10,17H2,1-3H3. The van der Waals surface area contributed by atoms with Gasteiger partial charge in [0.1, 0.15) is 5.75 Å². The highest BCUT2D eigenvalue weighted by Crippen LogP contribution is 2.33. The van der Waals surface area contributed by atoms with Crippen molar-refractivity contribution in [2.75, 3.05) is 29.9 Å². The number of carbonyl (C=O) groups is 1. The highest BCUT2D eigenvalue weighted by molar-refractivity contribution is 7.92. The zero-order valence-electron chi connectivity index (χ0n) is 18.4. The summed E-state index contributed by atoms with van der Waals surface area (Å²) in [6, 6.07) is 19.1. The van der Waals surface area contributed by atoms with Crippen molar-refractivity contribution in [1.29, 1.82) is 0 Å². The summed E-state index contributed by atoms with van der Waals surface area (Å²) in [6.45, 7) is 2.65. The van der Waals surface area contributed by atoms with Gasteiger partial charge >= 0.3 is 0 Å². The van der Waals surface area contributed by atoms with Gasteiger partial charge in [-0.2, -0.15) is 0 Å². The molecule has 0 spiro atoms. The number of hydrogen-bond donors (Lipinski definition) is 0.